The standard InChI is InChI=1S/C20H26ClN3O2/c21-17-3-4-20(26-12-14-1-2-14)16(9-17)10-23-18-7-15(8-19(18)25)11-24-6-5-22-13-24/h3-6,9,13-15,18-19,23,25H,1-2,7-8,10-12H2/t15?,18-,19-/m1/s1. The van der Waals surface area contributed by atoms with Crippen LogP contribution >= 0.6 is 11.6 Å². The van der Waals surface area contributed by atoms with Crippen LogP contribution in [-0.4, -0.2) is 33.4 Å². The molecule has 0 amide bonds. The molecule has 1 unspecified atom stereocenters. The lowest BCUT2D eigenvalue weighted by Gasteiger charge is -2.18. The van der Waals surface area contributed by atoms with Gasteiger partial charge >= 0.3 is 0 Å². The number of hydrogen-bond acceptors (Lipinski definition) is 4. The summed E-state index contributed by atoms with van der Waals surface area (Å²) in [6, 6.07) is 5.88. The minimum absolute atomic E-state index is 0.0961. The Hall–Kier alpha value is -1.56. The Balaban J connectivity index is 1.33. The van der Waals surface area contributed by atoms with E-state index in [1.165, 1.54) is 12.8 Å². The number of aliphatic hydroxyl groups excluding tert-OH is 1. The SMILES string of the molecule is O[C@@H]1CC(Cn2ccnc2)C[C@H]1NCc1cc(Cl)ccc1OCC1CC1. The zero-order chi connectivity index (χ0) is 17.9. The normalized spacial score (nSPS) is 25.5. The van der Waals surface area contributed by atoms with Gasteiger partial charge in [-0.1, -0.05) is 11.6 Å². The summed E-state index contributed by atoms with van der Waals surface area (Å²) in [4.78, 5) is 4.09. The Morgan fingerprint density at radius 2 is 2.15 bits per heavy atom. The molecule has 1 aromatic carbocycles. The van der Waals surface area contributed by atoms with Gasteiger partial charge in [0.05, 0.1) is 19.0 Å². The van der Waals surface area contributed by atoms with Crippen LogP contribution in [0.4, 0.5) is 0 Å². The molecule has 5 nitrogen and oxygen atoms in total. The first-order valence-corrected chi connectivity index (χ1v) is 9.83. The van der Waals surface area contributed by atoms with E-state index >= 15 is 0 Å². The predicted octanol–water partition coefficient (Wildman–Crippen LogP) is 3.25. The number of nitrogens with zero attached hydrogens (tertiary/aromatic N) is 2. The van der Waals surface area contributed by atoms with Crippen molar-refractivity contribution in [3.8, 4) is 5.75 Å². The molecule has 140 valence electrons. The van der Waals surface area contributed by atoms with Crippen LogP contribution in [0, 0.1) is 11.8 Å². The largest absolute Gasteiger partial charge is 0.493 e. The molecule has 0 saturated heterocycles. The zero-order valence-corrected chi connectivity index (χ0v) is 15.6. The molecule has 2 fully saturated rings. The van der Waals surface area contributed by atoms with E-state index in [2.05, 4.69) is 14.9 Å². The fourth-order valence-corrected chi connectivity index (χ4v) is 3.93. The quantitative estimate of drug-likeness (QED) is 0.743. The second-order valence-electron chi connectivity index (χ2n) is 7.66. The topological polar surface area (TPSA) is 59.3 Å². The van der Waals surface area contributed by atoms with Crippen LogP contribution in [0.15, 0.2) is 36.9 Å². The smallest absolute Gasteiger partial charge is 0.123 e. The molecule has 26 heavy (non-hydrogen) atoms. The van der Waals surface area contributed by atoms with Crippen LogP contribution in [0.2, 0.25) is 5.02 Å². The number of benzene rings is 1. The highest BCUT2D eigenvalue weighted by Gasteiger charge is 2.32. The third-order valence-corrected chi connectivity index (χ3v) is 5.64. The van der Waals surface area contributed by atoms with Gasteiger partial charge in [0.1, 0.15) is 5.75 Å². The van der Waals surface area contributed by atoms with E-state index in [9.17, 15) is 5.11 Å². The number of hydrogen-bond donors (Lipinski definition) is 2. The number of aliphatic hydroxyl groups is 1. The van der Waals surface area contributed by atoms with E-state index in [1.807, 2.05) is 30.7 Å². The fraction of sp³-hybridized carbons (Fsp3) is 0.550. The maximum atomic E-state index is 10.4. The summed E-state index contributed by atoms with van der Waals surface area (Å²) in [7, 11) is 0. The van der Waals surface area contributed by atoms with Crippen LogP contribution in [0.5, 0.6) is 5.75 Å². The molecule has 1 aromatic heterocycles. The average molecular weight is 376 g/mol. The average Bonchev–Trinajstić information content (AvgIpc) is 3.19. The van der Waals surface area contributed by atoms with Gasteiger partial charge in [0.2, 0.25) is 0 Å². The van der Waals surface area contributed by atoms with Crippen molar-refractivity contribution in [1.82, 2.24) is 14.9 Å². The van der Waals surface area contributed by atoms with Gasteiger partial charge in [0.15, 0.2) is 0 Å². The first-order valence-electron chi connectivity index (χ1n) is 9.46. The maximum absolute atomic E-state index is 10.4. The summed E-state index contributed by atoms with van der Waals surface area (Å²) < 4.78 is 8.06. The van der Waals surface area contributed by atoms with Crippen molar-refractivity contribution in [1.29, 1.82) is 0 Å². The monoisotopic (exact) mass is 375 g/mol. The van der Waals surface area contributed by atoms with Gasteiger partial charge in [-0.25, -0.2) is 4.98 Å². The highest BCUT2D eigenvalue weighted by molar-refractivity contribution is 6.30. The molecule has 2 aromatic rings. The Kier molecular flexibility index (Phi) is 5.48. The van der Waals surface area contributed by atoms with Crippen LogP contribution < -0.4 is 10.1 Å². The Morgan fingerprint density at radius 1 is 1.27 bits per heavy atom. The molecule has 6 heteroatoms. The number of ether oxygens (including phenoxy) is 1. The highest BCUT2D eigenvalue weighted by Crippen LogP contribution is 2.32. The van der Waals surface area contributed by atoms with Crippen molar-refractivity contribution in [2.75, 3.05) is 6.61 Å². The number of halogens is 1. The summed E-state index contributed by atoms with van der Waals surface area (Å²) in [5.74, 6) is 2.07. The molecule has 3 atom stereocenters. The third kappa shape index (κ3) is 4.58. The molecule has 0 radical (unpaired) electrons. The number of rotatable bonds is 8. The van der Waals surface area contributed by atoms with E-state index in [0.717, 1.165) is 37.3 Å². The van der Waals surface area contributed by atoms with Crippen molar-refractivity contribution in [2.24, 2.45) is 11.8 Å². The number of nitrogens with one attached hydrogen (secondary N) is 1. The van der Waals surface area contributed by atoms with Crippen molar-refractivity contribution in [3.05, 3.63) is 47.5 Å². The van der Waals surface area contributed by atoms with E-state index in [-0.39, 0.29) is 12.1 Å². The lowest BCUT2D eigenvalue weighted by Crippen LogP contribution is -2.35. The van der Waals surface area contributed by atoms with Crippen molar-refractivity contribution < 1.29 is 9.84 Å². The van der Waals surface area contributed by atoms with E-state index < -0.39 is 0 Å². The Morgan fingerprint density at radius 3 is 2.92 bits per heavy atom. The first-order chi connectivity index (χ1) is 12.7. The summed E-state index contributed by atoms with van der Waals surface area (Å²) in [6.07, 6.45) is 9.60. The van der Waals surface area contributed by atoms with E-state index in [0.29, 0.717) is 23.4 Å². The summed E-state index contributed by atoms with van der Waals surface area (Å²) in [6.45, 7) is 2.34. The van der Waals surface area contributed by atoms with Gasteiger partial charge in [-0.3, -0.25) is 0 Å². The lowest BCUT2D eigenvalue weighted by molar-refractivity contribution is 0.145. The zero-order valence-electron chi connectivity index (χ0n) is 14.9. The minimum Gasteiger partial charge on any atom is -0.493 e. The van der Waals surface area contributed by atoms with Gasteiger partial charge in [-0.2, -0.15) is 0 Å². The number of imidazole rings is 1. The predicted molar refractivity (Wildman–Crippen MR) is 101 cm³/mol. The second kappa shape index (κ2) is 7.99. The van der Waals surface area contributed by atoms with Gasteiger partial charge < -0.3 is 19.7 Å². The van der Waals surface area contributed by atoms with E-state index in [4.69, 9.17) is 16.3 Å². The van der Waals surface area contributed by atoms with Crippen molar-refractivity contribution in [3.63, 3.8) is 0 Å². The molecule has 2 aliphatic carbocycles. The molecule has 0 bridgehead atoms. The highest BCUT2D eigenvalue weighted by atomic mass is 35.5. The van der Waals surface area contributed by atoms with Crippen LogP contribution in [0.1, 0.15) is 31.2 Å². The van der Waals surface area contributed by atoms with Crippen LogP contribution in [0.3, 0.4) is 0 Å². The fourth-order valence-electron chi connectivity index (χ4n) is 3.74. The van der Waals surface area contributed by atoms with Crippen LogP contribution in [-0.2, 0) is 13.1 Å². The molecule has 0 aliphatic heterocycles. The van der Waals surface area contributed by atoms with Gasteiger partial charge in [-0.05, 0) is 55.7 Å². The second-order valence-corrected chi connectivity index (χ2v) is 8.09. The molecule has 0 spiro atoms. The number of aromatic nitrogens is 2. The third-order valence-electron chi connectivity index (χ3n) is 5.40. The van der Waals surface area contributed by atoms with Crippen molar-refractivity contribution >= 4 is 11.6 Å². The first kappa shape index (κ1) is 17.8. The minimum atomic E-state index is -0.321. The summed E-state index contributed by atoms with van der Waals surface area (Å²) in [5, 5.41) is 14.7. The van der Waals surface area contributed by atoms with Gasteiger partial charge in [0.25, 0.3) is 0 Å². The van der Waals surface area contributed by atoms with Crippen molar-refractivity contribution in [2.45, 2.75) is 50.9 Å². The molecule has 4 rings (SSSR count). The molecule has 2 aliphatic rings. The molecule has 1 heterocycles. The molecule has 2 saturated carbocycles. The maximum Gasteiger partial charge on any atom is 0.123 e. The van der Waals surface area contributed by atoms with Gasteiger partial charge in [-0.15, -0.1) is 0 Å². The van der Waals surface area contributed by atoms with Gasteiger partial charge in [0, 0.05) is 42.1 Å². The van der Waals surface area contributed by atoms with E-state index in [1.54, 1.807) is 6.20 Å². The van der Waals surface area contributed by atoms with Crippen LogP contribution in [0.25, 0.3) is 0 Å². The molecular weight excluding hydrogens is 350 g/mol. The summed E-state index contributed by atoms with van der Waals surface area (Å²) >= 11 is 6.18. The Bertz CT molecular complexity index is 718. The Labute approximate surface area is 159 Å². The molecular formula is C20H26ClN3O2. The lowest BCUT2D eigenvalue weighted by atomic mass is 10.1. The molecule has 2 N–H and O–H groups in total. The summed E-state index contributed by atoms with van der Waals surface area (Å²) in [5.41, 5.74) is 1.06.